The van der Waals surface area contributed by atoms with Crippen LogP contribution in [-0.4, -0.2) is 38.7 Å². The first kappa shape index (κ1) is 27.9. The van der Waals surface area contributed by atoms with Gasteiger partial charge >= 0.3 is 5.97 Å². The van der Waals surface area contributed by atoms with E-state index in [0.717, 1.165) is 64.7 Å². The van der Waals surface area contributed by atoms with E-state index >= 15 is 0 Å². The van der Waals surface area contributed by atoms with E-state index in [1.807, 2.05) is 42.5 Å². The molecule has 3 aromatic carbocycles. The number of hydrogen-bond acceptors (Lipinski definition) is 6. The SMILES string of the molecule is CCCCn1c(-c2ccccc2C)nc(C#N)c1CN(Cc1ccc(C(=O)O)cc1)Cc1ccc2c(c1)OCCO2. The van der Waals surface area contributed by atoms with E-state index in [-0.39, 0.29) is 5.56 Å². The average Bonchev–Trinajstić information content (AvgIpc) is 3.33. The van der Waals surface area contributed by atoms with Crippen LogP contribution in [0.2, 0.25) is 0 Å². The quantitative estimate of drug-likeness (QED) is 0.237. The number of hydrogen-bond donors (Lipinski definition) is 1. The molecule has 0 aliphatic carbocycles. The lowest BCUT2D eigenvalue weighted by Crippen LogP contribution is -2.25. The van der Waals surface area contributed by atoms with Gasteiger partial charge in [0.25, 0.3) is 0 Å². The third kappa shape index (κ3) is 6.42. The minimum Gasteiger partial charge on any atom is -0.486 e. The zero-order valence-electron chi connectivity index (χ0n) is 23.5. The molecule has 5 rings (SSSR count). The van der Waals surface area contributed by atoms with Gasteiger partial charge in [0.1, 0.15) is 25.1 Å². The molecule has 0 amide bonds. The molecule has 0 unspecified atom stereocenters. The Morgan fingerprint density at radius 2 is 1.71 bits per heavy atom. The number of carbonyl (C=O) groups is 1. The standard InChI is InChI=1S/C33H34N4O4/c1-3-4-15-37-29(28(19-34)35-32(37)27-8-6-5-7-23(27)2)22-36(20-24-9-12-26(13-10-24)33(38)39)21-25-11-14-30-31(18-25)41-17-16-40-30/h5-14,18H,3-4,15-17,20-22H2,1-2H3,(H,38,39). The molecule has 41 heavy (non-hydrogen) atoms. The predicted octanol–water partition coefficient (Wildman–Crippen LogP) is 6.20. The molecular formula is C33H34N4O4. The second kappa shape index (κ2) is 12.7. The van der Waals surface area contributed by atoms with Crippen LogP contribution in [0, 0.1) is 18.3 Å². The second-order valence-corrected chi connectivity index (χ2v) is 10.3. The maximum Gasteiger partial charge on any atom is 0.335 e. The first-order valence-electron chi connectivity index (χ1n) is 14.0. The van der Waals surface area contributed by atoms with Gasteiger partial charge in [0, 0.05) is 31.7 Å². The summed E-state index contributed by atoms with van der Waals surface area (Å²) in [7, 11) is 0. The molecule has 0 saturated heterocycles. The van der Waals surface area contributed by atoms with Crippen LogP contribution in [0.3, 0.4) is 0 Å². The fourth-order valence-electron chi connectivity index (χ4n) is 5.16. The molecule has 0 spiro atoms. The van der Waals surface area contributed by atoms with Gasteiger partial charge in [-0.3, -0.25) is 4.90 Å². The summed E-state index contributed by atoms with van der Waals surface area (Å²) in [6.07, 6.45) is 1.98. The normalized spacial score (nSPS) is 12.3. The Kier molecular flexibility index (Phi) is 8.66. The van der Waals surface area contributed by atoms with Gasteiger partial charge in [-0.15, -0.1) is 0 Å². The van der Waals surface area contributed by atoms with Crippen LogP contribution in [0.4, 0.5) is 0 Å². The fourth-order valence-corrected chi connectivity index (χ4v) is 5.16. The van der Waals surface area contributed by atoms with Crippen molar-refractivity contribution in [2.75, 3.05) is 13.2 Å². The molecular weight excluding hydrogens is 516 g/mol. The van der Waals surface area contributed by atoms with E-state index in [4.69, 9.17) is 14.5 Å². The summed E-state index contributed by atoms with van der Waals surface area (Å²) in [4.78, 5) is 18.5. The Hall–Kier alpha value is -4.61. The van der Waals surface area contributed by atoms with E-state index in [2.05, 4.69) is 41.5 Å². The second-order valence-electron chi connectivity index (χ2n) is 10.3. The number of carboxylic acid groups (broad SMARTS) is 1. The topological polar surface area (TPSA) is 101 Å². The number of benzene rings is 3. The minimum absolute atomic E-state index is 0.249. The number of rotatable bonds is 11. The van der Waals surface area contributed by atoms with Gasteiger partial charge in [0.2, 0.25) is 0 Å². The van der Waals surface area contributed by atoms with Gasteiger partial charge < -0.3 is 19.1 Å². The predicted molar refractivity (Wildman–Crippen MR) is 156 cm³/mol. The van der Waals surface area contributed by atoms with Crippen molar-refractivity contribution in [1.82, 2.24) is 14.5 Å². The molecule has 4 aromatic rings. The summed E-state index contributed by atoms with van der Waals surface area (Å²) >= 11 is 0. The van der Waals surface area contributed by atoms with Crippen molar-refractivity contribution in [2.45, 2.75) is 52.9 Å². The highest BCUT2D eigenvalue weighted by molar-refractivity contribution is 5.87. The third-order valence-electron chi connectivity index (χ3n) is 7.29. The minimum atomic E-state index is -0.952. The molecule has 0 fully saturated rings. The Morgan fingerprint density at radius 1 is 1.00 bits per heavy atom. The largest absolute Gasteiger partial charge is 0.486 e. The Morgan fingerprint density at radius 3 is 2.41 bits per heavy atom. The molecule has 2 heterocycles. The van der Waals surface area contributed by atoms with Crippen LogP contribution in [0.5, 0.6) is 11.5 Å². The molecule has 0 atom stereocenters. The van der Waals surface area contributed by atoms with E-state index in [9.17, 15) is 15.2 Å². The van der Waals surface area contributed by atoms with Crippen molar-refractivity contribution in [1.29, 1.82) is 5.26 Å². The van der Waals surface area contributed by atoms with Crippen molar-refractivity contribution in [3.8, 4) is 29.0 Å². The molecule has 210 valence electrons. The number of carboxylic acids is 1. The summed E-state index contributed by atoms with van der Waals surface area (Å²) in [6.45, 7) is 7.65. The van der Waals surface area contributed by atoms with Crippen LogP contribution in [0.1, 0.15) is 58.2 Å². The fraction of sp³-hybridized carbons (Fsp3) is 0.303. The van der Waals surface area contributed by atoms with Gasteiger partial charge in [-0.05, 0) is 54.3 Å². The lowest BCUT2D eigenvalue weighted by Gasteiger charge is -2.25. The monoisotopic (exact) mass is 550 g/mol. The lowest BCUT2D eigenvalue weighted by atomic mass is 10.1. The maximum absolute atomic E-state index is 11.4. The van der Waals surface area contributed by atoms with Gasteiger partial charge in [0.05, 0.1) is 11.3 Å². The molecule has 1 aliphatic heterocycles. The van der Waals surface area contributed by atoms with Crippen LogP contribution >= 0.6 is 0 Å². The van der Waals surface area contributed by atoms with Crippen LogP contribution in [-0.2, 0) is 26.2 Å². The van der Waals surface area contributed by atoms with Crippen molar-refractivity contribution >= 4 is 5.97 Å². The smallest absolute Gasteiger partial charge is 0.335 e. The number of imidazole rings is 1. The number of aromatic nitrogens is 2. The number of nitrogens with zero attached hydrogens (tertiary/aromatic N) is 4. The van der Waals surface area contributed by atoms with Crippen molar-refractivity contribution in [3.05, 3.63) is 100 Å². The molecule has 0 bridgehead atoms. The molecule has 0 radical (unpaired) electrons. The summed E-state index contributed by atoms with van der Waals surface area (Å²) < 4.78 is 13.7. The number of aryl methyl sites for hydroxylation is 1. The van der Waals surface area contributed by atoms with Crippen LogP contribution < -0.4 is 9.47 Å². The lowest BCUT2D eigenvalue weighted by molar-refractivity contribution is 0.0697. The Labute approximate surface area is 240 Å². The highest BCUT2D eigenvalue weighted by atomic mass is 16.6. The van der Waals surface area contributed by atoms with E-state index in [0.29, 0.717) is 38.5 Å². The van der Waals surface area contributed by atoms with Crippen LogP contribution in [0.15, 0.2) is 66.7 Å². The molecule has 8 heteroatoms. The molecule has 1 N–H and O–H groups in total. The number of unbranched alkanes of at least 4 members (excludes halogenated alkanes) is 1. The molecule has 1 aliphatic rings. The first-order valence-corrected chi connectivity index (χ1v) is 14.0. The van der Waals surface area contributed by atoms with Gasteiger partial charge in [0.15, 0.2) is 17.2 Å². The molecule has 1 aromatic heterocycles. The number of nitriles is 1. The average molecular weight is 551 g/mol. The maximum atomic E-state index is 11.4. The summed E-state index contributed by atoms with van der Waals surface area (Å²) in [5.41, 5.74) is 5.71. The zero-order valence-corrected chi connectivity index (χ0v) is 23.5. The number of fused-ring (bicyclic) bond motifs is 1. The van der Waals surface area contributed by atoms with Gasteiger partial charge in [-0.1, -0.05) is 55.8 Å². The van der Waals surface area contributed by atoms with E-state index in [1.165, 1.54) is 0 Å². The number of ether oxygens (including phenoxy) is 2. The highest BCUT2D eigenvalue weighted by Gasteiger charge is 2.22. The summed E-state index contributed by atoms with van der Waals surface area (Å²) in [5, 5.41) is 19.5. The van der Waals surface area contributed by atoms with Crippen molar-refractivity contribution in [2.24, 2.45) is 0 Å². The Bertz CT molecular complexity index is 1570. The van der Waals surface area contributed by atoms with Crippen molar-refractivity contribution in [3.63, 3.8) is 0 Å². The van der Waals surface area contributed by atoms with Gasteiger partial charge in [-0.2, -0.15) is 5.26 Å². The summed E-state index contributed by atoms with van der Waals surface area (Å²) in [5.74, 6) is 1.33. The van der Waals surface area contributed by atoms with Crippen molar-refractivity contribution < 1.29 is 19.4 Å². The van der Waals surface area contributed by atoms with E-state index in [1.54, 1.807) is 12.1 Å². The number of aromatic carboxylic acids is 1. The highest BCUT2D eigenvalue weighted by Crippen LogP contribution is 2.32. The zero-order chi connectivity index (χ0) is 28.8. The molecule has 0 saturated carbocycles. The van der Waals surface area contributed by atoms with Crippen LogP contribution in [0.25, 0.3) is 11.4 Å². The first-order chi connectivity index (χ1) is 20.0. The van der Waals surface area contributed by atoms with E-state index < -0.39 is 5.97 Å². The molecule has 8 nitrogen and oxygen atoms in total. The third-order valence-corrected chi connectivity index (χ3v) is 7.29. The Balaban J connectivity index is 1.53. The summed E-state index contributed by atoms with van der Waals surface area (Å²) in [6, 6.07) is 23.4. The van der Waals surface area contributed by atoms with Gasteiger partial charge in [-0.25, -0.2) is 9.78 Å².